The van der Waals surface area contributed by atoms with Crippen molar-refractivity contribution in [3.63, 3.8) is 0 Å². The van der Waals surface area contributed by atoms with Gasteiger partial charge in [-0.3, -0.25) is 9.44 Å². The molecule has 0 aliphatic heterocycles. The van der Waals surface area contributed by atoms with Crippen molar-refractivity contribution < 1.29 is 25.7 Å². The molecule has 2 heterocycles. The van der Waals surface area contributed by atoms with Gasteiger partial charge in [-0.1, -0.05) is 48.0 Å². The second kappa shape index (κ2) is 7.84. The standard InChI is InChI=1S/C22H15ClN2O6S2/c23-16-9-10-17(24-32(26,27)21-11-14-5-1-3-7-19(14)30-21)18(13-16)25-33(28,29)22-12-15-6-2-4-8-20(15)31-22/h1-13,24-25H. The first-order chi connectivity index (χ1) is 15.7. The number of hydrogen-bond acceptors (Lipinski definition) is 6. The quantitative estimate of drug-likeness (QED) is 0.319. The van der Waals surface area contributed by atoms with Crippen molar-refractivity contribution in [2.75, 3.05) is 9.44 Å². The van der Waals surface area contributed by atoms with Gasteiger partial charge in [0.25, 0.3) is 20.0 Å². The zero-order valence-corrected chi connectivity index (χ0v) is 19.0. The van der Waals surface area contributed by atoms with Crippen LogP contribution in [0.2, 0.25) is 5.02 Å². The Hall–Kier alpha value is -3.47. The summed E-state index contributed by atoms with van der Waals surface area (Å²) in [6.07, 6.45) is 0. The first kappa shape index (κ1) is 21.4. The van der Waals surface area contributed by atoms with Crippen molar-refractivity contribution in [3.8, 4) is 0 Å². The highest BCUT2D eigenvalue weighted by molar-refractivity contribution is 7.93. The van der Waals surface area contributed by atoms with Crippen LogP contribution in [0.5, 0.6) is 0 Å². The number of furan rings is 2. The number of rotatable bonds is 6. The largest absolute Gasteiger partial charge is 0.443 e. The van der Waals surface area contributed by atoms with Gasteiger partial charge in [0.2, 0.25) is 10.2 Å². The molecule has 0 unspecified atom stereocenters. The Balaban J connectivity index is 1.50. The van der Waals surface area contributed by atoms with Gasteiger partial charge in [0.15, 0.2) is 0 Å². The van der Waals surface area contributed by atoms with E-state index in [-0.39, 0.29) is 26.6 Å². The summed E-state index contributed by atoms with van der Waals surface area (Å²) in [6.45, 7) is 0. The van der Waals surface area contributed by atoms with E-state index in [1.165, 1.54) is 30.3 Å². The summed E-state index contributed by atoms with van der Waals surface area (Å²) in [7, 11) is -8.36. The van der Waals surface area contributed by atoms with Crippen molar-refractivity contribution in [2.45, 2.75) is 10.2 Å². The van der Waals surface area contributed by atoms with Crippen LogP contribution in [0.3, 0.4) is 0 Å². The first-order valence-electron chi connectivity index (χ1n) is 9.54. The van der Waals surface area contributed by atoms with Gasteiger partial charge in [0.1, 0.15) is 11.2 Å². The summed E-state index contributed by atoms with van der Waals surface area (Å²) < 4.78 is 67.3. The molecular formula is C22H15ClN2O6S2. The van der Waals surface area contributed by atoms with Gasteiger partial charge in [0, 0.05) is 27.9 Å². The molecule has 0 amide bonds. The number of fused-ring (bicyclic) bond motifs is 2. The van der Waals surface area contributed by atoms with Crippen LogP contribution >= 0.6 is 11.6 Å². The minimum atomic E-state index is -4.19. The van der Waals surface area contributed by atoms with Gasteiger partial charge in [-0.2, -0.15) is 16.8 Å². The molecule has 2 aromatic heterocycles. The smallest absolute Gasteiger partial charge is 0.295 e. The average Bonchev–Trinajstić information content (AvgIpc) is 3.40. The summed E-state index contributed by atoms with van der Waals surface area (Å²) in [6, 6.07) is 20.5. The molecule has 0 atom stereocenters. The Morgan fingerprint density at radius 1 is 0.606 bits per heavy atom. The second-order valence-electron chi connectivity index (χ2n) is 7.11. The maximum absolute atomic E-state index is 12.9. The predicted octanol–water partition coefficient (Wildman–Crippen LogP) is 5.43. The highest BCUT2D eigenvalue weighted by atomic mass is 35.5. The van der Waals surface area contributed by atoms with E-state index in [0.717, 1.165) is 0 Å². The van der Waals surface area contributed by atoms with E-state index in [9.17, 15) is 16.8 Å². The molecule has 5 aromatic rings. The van der Waals surface area contributed by atoms with E-state index in [1.807, 2.05) is 0 Å². The summed E-state index contributed by atoms with van der Waals surface area (Å²) in [5.41, 5.74) is 0.678. The molecule has 0 spiro atoms. The maximum Gasteiger partial charge on any atom is 0.295 e. The lowest BCUT2D eigenvalue weighted by molar-refractivity contribution is 0.484. The van der Waals surface area contributed by atoms with Gasteiger partial charge >= 0.3 is 0 Å². The number of sulfonamides is 2. The Labute approximate surface area is 193 Å². The molecule has 0 radical (unpaired) electrons. The van der Waals surface area contributed by atoms with Crippen LogP contribution in [0.4, 0.5) is 11.4 Å². The molecule has 0 saturated carbocycles. The van der Waals surface area contributed by atoms with E-state index in [1.54, 1.807) is 48.5 Å². The van der Waals surface area contributed by atoms with E-state index >= 15 is 0 Å². The van der Waals surface area contributed by atoms with Crippen LogP contribution in [0.25, 0.3) is 21.9 Å². The van der Waals surface area contributed by atoms with Gasteiger partial charge in [-0.15, -0.1) is 0 Å². The third kappa shape index (κ3) is 4.15. The Morgan fingerprint density at radius 3 is 1.61 bits per heavy atom. The zero-order chi connectivity index (χ0) is 23.2. The SMILES string of the molecule is O=S(=O)(Nc1ccc(Cl)cc1NS(=O)(=O)c1cc2ccccc2o1)c1cc2ccccc2o1. The molecule has 168 valence electrons. The summed E-state index contributed by atoms with van der Waals surface area (Å²) in [5.74, 6) is 0. The highest BCUT2D eigenvalue weighted by Gasteiger charge is 2.25. The van der Waals surface area contributed by atoms with E-state index < -0.39 is 20.0 Å². The Morgan fingerprint density at radius 2 is 1.09 bits per heavy atom. The fourth-order valence-electron chi connectivity index (χ4n) is 3.26. The molecular weight excluding hydrogens is 488 g/mol. The molecule has 5 rings (SSSR count). The van der Waals surface area contributed by atoms with Crippen molar-refractivity contribution in [1.29, 1.82) is 0 Å². The molecule has 0 aliphatic rings. The number of benzene rings is 3. The third-order valence-corrected chi connectivity index (χ3v) is 7.48. The van der Waals surface area contributed by atoms with E-state index in [4.69, 9.17) is 20.4 Å². The van der Waals surface area contributed by atoms with Crippen molar-refractivity contribution in [1.82, 2.24) is 0 Å². The van der Waals surface area contributed by atoms with Gasteiger partial charge in [0.05, 0.1) is 11.4 Å². The van der Waals surface area contributed by atoms with E-state index in [0.29, 0.717) is 21.9 Å². The van der Waals surface area contributed by atoms with Crippen LogP contribution in [0, 0.1) is 0 Å². The molecule has 33 heavy (non-hydrogen) atoms. The van der Waals surface area contributed by atoms with E-state index in [2.05, 4.69) is 9.44 Å². The van der Waals surface area contributed by atoms with Crippen LogP contribution in [0.1, 0.15) is 0 Å². The molecule has 0 fully saturated rings. The summed E-state index contributed by atoms with van der Waals surface area (Å²) in [4.78, 5) is 0. The fourth-order valence-corrected chi connectivity index (χ4v) is 5.52. The van der Waals surface area contributed by atoms with Crippen LogP contribution in [0.15, 0.2) is 97.9 Å². The minimum Gasteiger partial charge on any atom is -0.443 e. The first-order valence-corrected chi connectivity index (χ1v) is 12.9. The summed E-state index contributed by atoms with van der Waals surface area (Å²) in [5, 5.41) is 0.776. The van der Waals surface area contributed by atoms with Gasteiger partial charge in [-0.25, -0.2) is 0 Å². The molecule has 8 nitrogen and oxygen atoms in total. The lowest BCUT2D eigenvalue weighted by Crippen LogP contribution is -2.17. The number of hydrogen-bond donors (Lipinski definition) is 2. The van der Waals surface area contributed by atoms with Crippen molar-refractivity contribution in [3.05, 3.63) is 83.9 Å². The molecule has 11 heteroatoms. The van der Waals surface area contributed by atoms with Crippen molar-refractivity contribution >= 4 is 65.0 Å². The zero-order valence-electron chi connectivity index (χ0n) is 16.6. The molecule has 2 N–H and O–H groups in total. The van der Waals surface area contributed by atoms with Crippen LogP contribution < -0.4 is 9.44 Å². The number of halogens is 1. The number of anilines is 2. The number of nitrogens with one attached hydrogen (secondary N) is 2. The van der Waals surface area contributed by atoms with Gasteiger partial charge < -0.3 is 8.83 Å². The molecule has 3 aromatic carbocycles. The Kier molecular flexibility index (Phi) is 5.08. The lowest BCUT2D eigenvalue weighted by atomic mass is 10.3. The number of para-hydroxylation sites is 2. The van der Waals surface area contributed by atoms with Crippen molar-refractivity contribution in [2.24, 2.45) is 0 Å². The highest BCUT2D eigenvalue weighted by Crippen LogP contribution is 2.32. The maximum atomic E-state index is 12.9. The van der Waals surface area contributed by atoms with Crippen LogP contribution in [-0.4, -0.2) is 16.8 Å². The van der Waals surface area contributed by atoms with Crippen LogP contribution in [-0.2, 0) is 20.0 Å². The fraction of sp³-hybridized carbons (Fsp3) is 0. The Bertz CT molecular complexity index is 1660. The lowest BCUT2D eigenvalue weighted by Gasteiger charge is -2.13. The minimum absolute atomic E-state index is 0.0421. The second-order valence-corrected chi connectivity index (χ2v) is 10.8. The monoisotopic (exact) mass is 502 g/mol. The predicted molar refractivity (Wildman–Crippen MR) is 125 cm³/mol. The molecule has 0 aliphatic carbocycles. The third-order valence-electron chi connectivity index (χ3n) is 4.81. The topological polar surface area (TPSA) is 119 Å². The normalized spacial score (nSPS) is 12.3. The molecule has 0 bridgehead atoms. The van der Waals surface area contributed by atoms with Gasteiger partial charge in [-0.05, 0) is 30.3 Å². The molecule has 0 saturated heterocycles. The average molecular weight is 503 g/mol. The summed E-state index contributed by atoms with van der Waals surface area (Å²) >= 11 is 6.04.